The molecule has 2 atom stereocenters. The molecule has 0 fully saturated rings. The molecule has 0 saturated carbocycles. The zero-order valence-corrected chi connectivity index (χ0v) is 21.5. The van der Waals surface area contributed by atoms with Crippen molar-refractivity contribution in [3.8, 4) is 0 Å². The van der Waals surface area contributed by atoms with Crippen LogP contribution in [0.3, 0.4) is 0 Å². The van der Waals surface area contributed by atoms with Crippen molar-refractivity contribution in [1.29, 1.82) is 0 Å². The molecule has 0 heterocycles. The van der Waals surface area contributed by atoms with Crippen LogP contribution >= 0.6 is 0 Å². The molecule has 0 aromatic carbocycles. The van der Waals surface area contributed by atoms with Crippen molar-refractivity contribution in [2.24, 2.45) is 11.5 Å². The van der Waals surface area contributed by atoms with Gasteiger partial charge in [0.25, 0.3) is 0 Å². The zero-order valence-electron chi connectivity index (χ0n) is 21.5. The topological polar surface area (TPSA) is 105 Å². The summed E-state index contributed by atoms with van der Waals surface area (Å²) in [7, 11) is 0. The molecule has 4 N–H and O–H groups in total. The van der Waals surface area contributed by atoms with E-state index in [0.29, 0.717) is 19.4 Å². The standard InChI is InChI=1S/C27H52N2O4/c1-3-4-5-6-7-8-9-10-11-12-13-14-15-16-17-21-26(30)33-24(2)23-32-27(31)25(29)20-18-19-22-28/h10-11,24-25H,3-9,12-23,28-29H2,1-2H3/b11-10-/t24?,25-/m0/s1. The summed E-state index contributed by atoms with van der Waals surface area (Å²) in [6.45, 7) is 4.62. The Morgan fingerprint density at radius 1 is 0.818 bits per heavy atom. The fraction of sp³-hybridized carbons (Fsp3) is 0.852. The highest BCUT2D eigenvalue weighted by Crippen LogP contribution is 2.11. The maximum atomic E-state index is 11.9. The van der Waals surface area contributed by atoms with Crippen molar-refractivity contribution in [1.82, 2.24) is 0 Å². The third-order valence-electron chi connectivity index (χ3n) is 5.71. The maximum absolute atomic E-state index is 11.9. The van der Waals surface area contributed by atoms with Crippen molar-refractivity contribution in [2.45, 2.75) is 135 Å². The fourth-order valence-corrected chi connectivity index (χ4v) is 3.59. The van der Waals surface area contributed by atoms with Crippen LogP contribution < -0.4 is 11.5 Å². The summed E-state index contributed by atoms with van der Waals surface area (Å²) in [4.78, 5) is 23.8. The Morgan fingerprint density at radius 3 is 2.00 bits per heavy atom. The summed E-state index contributed by atoms with van der Waals surface area (Å²) in [6.07, 6.45) is 22.8. The second-order valence-electron chi connectivity index (χ2n) is 9.16. The smallest absolute Gasteiger partial charge is 0.323 e. The van der Waals surface area contributed by atoms with Gasteiger partial charge in [-0.15, -0.1) is 0 Å². The van der Waals surface area contributed by atoms with E-state index in [1.54, 1.807) is 6.92 Å². The number of allylic oxidation sites excluding steroid dienone is 2. The van der Waals surface area contributed by atoms with Crippen LogP contribution in [0.2, 0.25) is 0 Å². The van der Waals surface area contributed by atoms with Gasteiger partial charge in [-0.25, -0.2) is 0 Å². The Morgan fingerprint density at radius 2 is 1.39 bits per heavy atom. The molecule has 33 heavy (non-hydrogen) atoms. The Bertz CT molecular complexity index is 497. The number of nitrogens with two attached hydrogens (primary N) is 2. The van der Waals surface area contributed by atoms with Crippen LogP contribution in [0.15, 0.2) is 12.2 Å². The van der Waals surface area contributed by atoms with E-state index in [1.165, 1.54) is 57.8 Å². The summed E-state index contributed by atoms with van der Waals surface area (Å²) in [6, 6.07) is -0.643. The molecule has 0 aromatic rings. The largest absolute Gasteiger partial charge is 0.461 e. The molecule has 0 aliphatic carbocycles. The van der Waals surface area contributed by atoms with Crippen molar-refractivity contribution >= 4 is 11.9 Å². The van der Waals surface area contributed by atoms with Gasteiger partial charge in [-0.2, -0.15) is 0 Å². The van der Waals surface area contributed by atoms with E-state index in [0.717, 1.165) is 38.5 Å². The molecule has 194 valence electrons. The van der Waals surface area contributed by atoms with Gasteiger partial charge in [0.2, 0.25) is 0 Å². The van der Waals surface area contributed by atoms with Gasteiger partial charge in [0, 0.05) is 6.42 Å². The van der Waals surface area contributed by atoms with Crippen molar-refractivity contribution in [3.63, 3.8) is 0 Å². The molecular weight excluding hydrogens is 416 g/mol. The zero-order chi connectivity index (χ0) is 24.6. The van der Waals surface area contributed by atoms with Crippen LogP contribution in [0.1, 0.15) is 123 Å². The first kappa shape index (κ1) is 31.6. The molecule has 0 aliphatic heterocycles. The summed E-state index contributed by atoms with van der Waals surface area (Å²) >= 11 is 0. The summed E-state index contributed by atoms with van der Waals surface area (Å²) in [5, 5.41) is 0. The first-order chi connectivity index (χ1) is 16.0. The Labute approximate surface area is 203 Å². The first-order valence-electron chi connectivity index (χ1n) is 13.5. The average molecular weight is 469 g/mol. The number of unbranched alkanes of at least 4 members (excludes halogenated alkanes) is 12. The van der Waals surface area contributed by atoms with Crippen LogP contribution in [0, 0.1) is 0 Å². The predicted octanol–water partition coefficient (Wildman–Crippen LogP) is 5.96. The van der Waals surface area contributed by atoms with E-state index >= 15 is 0 Å². The Balaban J connectivity index is 3.54. The Hall–Kier alpha value is -1.40. The molecule has 0 rings (SSSR count). The van der Waals surface area contributed by atoms with E-state index in [4.69, 9.17) is 20.9 Å². The lowest BCUT2D eigenvalue weighted by molar-refractivity contribution is -0.158. The molecular formula is C27H52N2O4. The lowest BCUT2D eigenvalue weighted by atomic mass is 10.1. The molecule has 0 amide bonds. The summed E-state index contributed by atoms with van der Waals surface area (Å²) in [5.41, 5.74) is 11.2. The molecule has 0 aliphatic rings. The second kappa shape index (κ2) is 23.7. The summed E-state index contributed by atoms with van der Waals surface area (Å²) < 4.78 is 10.5. The number of carbonyl (C=O) groups excluding carboxylic acids is 2. The fourth-order valence-electron chi connectivity index (χ4n) is 3.59. The van der Waals surface area contributed by atoms with E-state index in [9.17, 15) is 9.59 Å². The summed E-state index contributed by atoms with van der Waals surface area (Å²) in [5.74, 6) is -0.685. The molecule has 0 bridgehead atoms. The molecule has 0 aromatic heterocycles. The highest BCUT2D eigenvalue weighted by Gasteiger charge is 2.17. The van der Waals surface area contributed by atoms with Gasteiger partial charge in [-0.1, -0.05) is 76.9 Å². The molecule has 0 radical (unpaired) electrons. The number of hydrogen-bond donors (Lipinski definition) is 2. The number of ether oxygens (including phenoxy) is 2. The van der Waals surface area contributed by atoms with Gasteiger partial charge in [0.1, 0.15) is 18.8 Å². The van der Waals surface area contributed by atoms with Crippen LogP contribution in [0.5, 0.6) is 0 Å². The number of rotatable bonds is 23. The van der Waals surface area contributed by atoms with Gasteiger partial charge >= 0.3 is 11.9 Å². The number of carbonyl (C=O) groups is 2. The third kappa shape index (κ3) is 22.2. The molecule has 0 spiro atoms. The minimum Gasteiger partial charge on any atom is -0.461 e. The Kier molecular flexibility index (Phi) is 22.7. The van der Waals surface area contributed by atoms with Crippen molar-refractivity contribution < 1.29 is 19.1 Å². The normalized spacial score (nSPS) is 13.2. The van der Waals surface area contributed by atoms with Gasteiger partial charge < -0.3 is 20.9 Å². The monoisotopic (exact) mass is 468 g/mol. The van der Waals surface area contributed by atoms with Gasteiger partial charge in [-0.3, -0.25) is 9.59 Å². The van der Waals surface area contributed by atoms with Gasteiger partial charge in [0.05, 0.1) is 0 Å². The second-order valence-corrected chi connectivity index (χ2v) is 9.16. The van der Waals surface area contributed by atoms with Crippen LogP contribution in [-0.4, -0.2) is 37.2 Å². The van der Waals surface area contributed by atoms with Gasteiger partial charge in [-0.05, 0) is 58.4 Å². The van der Waals surface area contributed by atoms with Crippen LogP contribution in [-0.2, 0) is 19.1 Å². The minimum absolute atomic E-state index is 0.0432. The van der Waals surface area contributed by atoms with Crippen LogP contribution in [0.25, 0.3) is 0 Å². The van der Waals surface area contributed by atoms with E-state index in [1.807, 2.05) is 0 Å². The van der Waals surface area contributed by atoms with Crippen LogP contribution in [0.4, 0.5) is 0 Å². The van der Waals surface area contributed by atoms with Gasteiger partial charge in [0.15, 0.2) is 0 Å². The minimum atomic E-state index is -0.643. The molecule has 0 saturated heterocycles. The van der Waals surface area contributed by atoms with Crippen molar-refractivity contribution in [2.75, 3.05) is 13.2 Å². The van der Waals surface area contributed by atoms with E-state index < -0.39 is 18.1 Å². The first-order valence-corrected chi connectivity index (χ1v) is 13.5. The quantitative estimate of drug-likeness (QED) is 0.109. The van der Waals surface area contributed by atoms with E-state index in [2.05, 4.69) is 19.1 Å². The lowest BCUT2D eigenvalue weighted by Gasteiger charge is -2.16. The predicted molar refractivity (Wildman–Crippen MR) is 137 cm³/mol. The SMILES string of the molecule is CCCCCCCC/C=C\CCCCCCCC(=O)OC(C)COC(=O)[C@@H](N)CCCCN. The molecule has 6 heteroatoms. The highest BCUT2D eigenvalue weighted by atomic mass is 16.6. The molecule has 1 unspecified atom stereocenters. The maximum Gasteiger partial charge on any atom is 0.323 e. The lowest BCUT2D eigenvalue weighted by Crippen LogP contribution is -2.34. The number of hydrogen-bond acceptors (Lipinski definition) is 6. The highest BCUT2D eigenvalue weighted by molar-refractivity contribution is 5.75. The number of esters is 2. The molecule has 6 nitrogen and oxygen atoms in total. The average Bonchev–Trinajstić information content (AvgIpc) is 2.80. The van der Waals surface area contributed by atoms with E-state index in [-0.39, 0.29) is 12.6 Å². The van der Waals surface area contributed by atoms with Crippen molar-refractivity contribution in [3.05, 3.63) is 12.2 Å². The third-order valence-corrected chi connectivity index (χ3v) is 5.71.